The second kappa shape index (κ2) is 6.85. The van der Waals surface area contributed by atoms with Gasteiger partial charge in [0.05, 0.1) is 5.56 Å². The van der Waals surface area contributed by atoms with Crippen LogP contribution < -0.4 is 10.2 Å². The van der Waals surface area contributed by atoms with Crippen molar-refractivity contribution < 1.29 is 14.7 Å². The van der Waals surface area contributed by atoms with Gasteiger partial charge in [0.1, 0.15) is 0 Å². The Kier molecular flexibility index (Phi) is 5.12. The number of amides is 2. The number of nitrogens with zero attached hydrogens (tertiary/aromatic N) is 1. The van der Waals surface area contributed by atoms with Gasteiger partial charge in [0.25, 0.3) is 0 Å². The Labute approximate surface area is 128 Å². The maximum atomic E-state index is 12.4. The predicted molar refractivity (Wildman–Crippen MR) is 85.4 cm³/mol. The minimum atomic E-state index is -0.940. The lowest BCUT2D eigenvalue weighted by atomic mass is 9.96. The van der Waals surface area contributed by atoms with Crippen LogP contribution in [0.2, 0.25) is 0 Å². The summed E-state index contributed by atoms with van der Waals surface area (Å²) in [5, 5.41) is 12.2. The molecule has 0 bridgehead atoms. The monoisotopic (exact) mass is 308 g/mol. The van der Waals surface area contributed by atoms with Crippen molar-refractivity contribution >= 4 is 29.4 Å². The number of urea groups is 1. The molecule has 0 aliphatic carbocycles. The van der Waals surface area contributed by atoms with Crippen LogP contribution in [0.1, 0.15) is 29.3 Å². The SMILES string of the molecule is CSCC(C)NC(=O)N1CCCc2c(C(=O)O)cccc21. The van der Waals surface area contributed by atoms with Crippen LogP contribution in [0.25, 0.3) is 0 Å². The number of fused-ring (bicyclic) bond motifs is 1. The molecule has 6 heteroatoms. The molecule has 1 aliphatic rings. The van der Waals surface area contributed by atoms with Crippen LogP contribution in [-0.4, -0.2) is 41.7 Å². The van der Waals surface area contributed by atoms with Crippen molar-refractivity contribution in [3.63, 3.8) is 0 Å². The van der Waals surface area contributed by atoms with Crippen molar-refractivity contribution in [3.05, 3.63) is 29.3 Å². The van der Waals surface area contributed by atoms with Crippen LogP contribution in [0, 0.1) is 0 Å². The first kappa shape index (κ1) is 15.7. The summed E-state index contributed by atoms with van der Waals surface area (Å²) in [4.78, 5) is 25.3. The van der Waals surface area contributed by atoms with Crippen molar-refractivity contribution in [2.24, 2.45) is 0 Å². The van der Waals surface area contributed by atoms with Gasteiger partial charge in [0.2, 0.25) is 0 Å². The minimum Gasteiger partial charge on any atom is -0.478 e. The Morgan fingerprint density at radius 1 is 1.48 bits per heavy atom. The molecule has 0 radical (unpaired) electrons. The minimum absolute atomic E-state index is 0.0838. The standard InChI is InChI=1S/C15H20N2O3S/c1-10(9-21-2)16-15(20)17-8-4-6-11-12(14(18)19)5-3-7-13(11)17/h3,5,7,10H,4,6,8-9H2,1-2H3,(H,16,20)(H,18,19). The highest BCUT2D eigenvalue weighted by Gasteiger charge is 2.26. The molecule has 1 heterocycles. The third kappa shape index (κ3) is 3.50. The summed E-state index contributed by atoms with van der Waals surface area (Å²) in [7, 11) is 0. The topological polar surface area (TPSA) is 69.6 Å². The maximum absolute atomic E-state index is 12.4. The van der Waals surface area contributed by atoms with E-state index in [2.05, 4.69) is 5.32 Å². The van der Waals surface area contributed by atoms with Gasteiger partial charge < -0.3 is 10.4 Å². The summed E-state index contributed by atoms with van der Waals surface area (Å²) in [6.45, 7) is 2.58. The third-order valence-electron chi connectivity index (χ3n) is 3.51. The third-order valence-corrected chi connectivity index (χ3v) is 4.35. The van der Waals surface area contributed by atoms with Crippen molar-refractivity contribution in [2.75, 3.05) is 23.5 Å². The van der Waals surface area contributed by atoms with Crippen LogP contribution in [0.4, 0.5) is 10.5 Å². The number of hydrogen-bond donors (Lipinski definition) is 2. The summed E-state index contributed by atoms with van der Waals surface area (Å²) >= 11 is 1.68. The molecule has 0 saturated heterocycles. The van der Waals surface area contributed by atoms with Crippen LogP contribution in [0.15, 0.2) is 18.2 Å². The number of carbonyl (C=O) groups is 2. The van der Waals surface area contributed by atoms with E-state index < -0.39 is 5.97 Å². The Bertz CT molecular complexity index is 548. The number of hydrogen-bond acceptors (Lipinski definition) is 3. The lowest BCUT2D eigenvalue weighted by molar-refractivity contribution is 0.0695. The van der Waals surface area contributed by atoms with Gasteiger partial charge >= 0.3 is 12.0 Å². The average molecular weight is 308 g/mol. The lowest BCUT2D eigenvalue weighted by Gasteiger charge is -2.31. The number of thioether (sulfide) groups is 1. The molecule has 2 rings (SSSR count). The molecule has 21 heavy (non-hydrogen) atoms. The first-order valence-electron chi connectivity index (χ1n) is 6.96. The first-order valence-corrected chi connectivity index (χ1v) is 8.36. The summed E-state index contributed by atoms with van der Waals surface area (Å²) in [5.41, 5.74) is 1.76. The van der Waals surface area contributed by atoms with E-state index in [1.165, 1.54) is 0 Å². The molecule has 0 aromatic heterocycles. The highest BCUT2D eigenvalue weighted by atomic mass is 32.2. The van der Waals surface area contributed by atoms with Crippen LogP contribution in [0.3, 0.4) is 0 Å². The molecular weight excluding hydrogens is 288 g/mol. The summed E-state index contributed by atoms with van der Waals surface area (Å²) in [6, 6.07) is 5.04. The Morgan fingerprint density at radius 2 is 2.24 bits per heavy atom. The summed E-state index contributed by atoms with van der Waals surface area (Å²) in [6.07, 6.45) is 3.47. The maximum Gasteiger partial charge on any atom is 0.336 e. The molecule has 1 aromatic carbocycles. The number of carbonyl (C=O) groups excluding carboxylic acids is 1. The molecule has 1 atom stereocenters. The van der Waals surface area contributed by atoms with Crippen molar-refractivity contribution in [3.8, 4) is 0 Å². The molecular formula is C15H20N2O3S. The van der Waals surface area contributed by atoms with E-state index >= 15 is 0 Å². The molecule has 2 N–H and O–H groups in total. The number of benzene rings is 1. The van der Waals surface area contributed by atoms with Crippen LogP contribution >= 0.6 is 11.8 Å². The molecule has 0 fully saturated rings. The number of aromatic carboxylic acids is 1. The molecule has 2 amide bonds. The number of carboxylic acids is 1. The van der Waals surface area contributed by atoms with Gasteiger partial charge in [-0.1, -0.05) is 6.07 Å². The Hall–Kier alpha value is -1.69. The van der Waals surface area contributed by atoms with Gasteiger partial charge in [-0.15, -0.1) is 0 Å². The molecule has 0 spiro atoms. The van der Waals surface area contributed by atoms with E-state index in [9.17, 15) is 14.7 Å². The molecule has 1 unspecified atom stereocenters. The normalized spacial score (nSPS) is 15.2. The number of rotatable bonds is 4. The number of nitrogens with one attached hydrogen (secondary N) is 1. The van der Waals surface area contributed by atoms with Gasteiger partial charge in [-0.3, -0.25) is 4.90 Å². The zero-order valence-corrected chi connectivity index (χ0v) is 13.1. The number of carboxylic acid groups (broad SMARTS) is 1. The van der Waals surface area contributed by atoms with E-state index in [0.29, 0.717) is 18.5 Å². The fraction of sp³-hybridized carbons (Fsp3) is 0.467. The zero-order valence-electron chi connectivity index (χ0n) is 12.3. The van der Waals surface area contributed by atoms with E-state index in [0.717, 1.165) is 23.4 Å². The quantitative estimate of drug-likeness (QED) is 0.897. The molecule has 1 aromatic rings. The smallest absolute Gasteiger partial charge is 0.336 e. The molecule has 114 valence electrons. The van der Waals surface area contributed by atoms with Crippen LogP contribution in [-0.2, 0) is 6.42 Å². The van der Waals surface area contributed by atoms with Crippen molar-refractivity contribution in [2.45, 2.75) is 25.8 Å². The highest BCUT2D eigenvalue weighted by molar-refractivity contribution is 7.98. The van der Waals surface area contributed by atoms with Gasteiger partial charge in [0.15, 0.2) is 0 Å². The molecule has 1 aliphatic heterocycles. The predicted octanol–water partition coefficient (Wildman–Crippen LogP) is 2.60. The zero-order chi connectivity index (χ0) is 15.4. The van der Waals surface area contributed by atoms with Crippen molar-refractivity contribution in [1.29, 1.82) is 0 Å². The van der Waals surface area contributed by atoms with E-state index in [-0.39, 0.29) is 12.1 Å². The van der Waals surface area contributed by atoms with E-state index in [1.54, 1.807) is 28.8 Å². The average Bonchev–Trinajstić information content (AvgIpc) is 2.45. The van der Waals surface area contributed by atoms with Gasteiger partial charge in [-0.2, -0.15) is 11.8 Å². The summed E-state index contributed by atoms with van der Waals surface area (Å²) in [5.74, 6) is -0.0911. The lowest BCUT2D eigenvalue weighted by Crippen LogP contribution is -2.47. The fourth-order valence-corrected chi connectivity index (χ4v) is 3.20. The first-order chi connectivity index (χ1) is 10.0. The second-order valence-electron chi connectivity index (χ2n) is 5.17. The van der Waals surface area contributed by atoms with Gasteiger partial charge in [-0.05, 0) is 43.7 Å². The van der Waals surface area contributed by atoms with Crippen LogP contribution in [0.5, 0.6) is 0 Å². The largest absolute Gasteiger partial charge is 0.478 e. The Balaban J connectivity index is 2.24. The second-order valence-corrected chi connectivity index (χ2v) is 6.08. The molecule has 5 nitrogen and oxygen atoms in total. The van der Waals surface area contributed by atoms with E-state index in [4.69, 9.17) is 0 Å². The van der Waals surface area contributed by atoms with E-state index in [1.807, 2.05) is 19.2 Å². The van der Waals surface area contributed by atoms with Gasteiger partial charge in [-0.25, -0.2) is 9.59 Å². The summed E-state index contributed by atoms with van der Waals surface area (Å²) < 4.78 is 0. The highest BCUT2D eigenvalue weighted by Crippen LogP contribution is 2.30. The molecule has 0 saturated carbocycles. The van der Waals surface area contributed by atoms with Crippen molar-refractivity contribution in [1.82, 2.24) is 5.32 Å². The fourth-order valence-electron chi connectivity index (χ4n) is 2.62. The Morgan fingerprint density at radius 3 is 2.90 bits per heavy atom. The van der Waals surface area contributed by atoms with Gasteiger partial charge in [0, 0.05) is 24.0 Å². The number of anilines is 1.